The van der Waals surface area contributed by atoms with Crippen LogP contribution in [0.4, 0.5) is 13.2 Å². The molecule has 0 spiro atoms. The first-order valence-corrected chi connectivity index (χ1v) is 6.17. The van der Waals surface area contributed by atoms with Crippen LogP contribution in [0.3, 0.4) is 0 Å². The summed E-state index contributed by atoms with van der Waals surface area (Å²) in [7, 11) is 0. The van der Waals surface area contributed by atoms with Crippen LogP contribution in [-0.4, -0.2) is 31.0 Å². The van der Waals surface area contributed by atoms with E-state index < -0.39 is 18.2 Å². The molecule has 1 unspecified atom stereocenters. The Hall–Kier alpha value is -0.290. The summed E-state index contributed by atoms with van der Waals surface area (Å²) >= 11 is 0. The second-order valence-electron chi connectivity index (χ2n) is 4.70. The number of halogens is 3. The fourth-order valence-corrected chi connectivity index (χ4v) is 1.79. The molecule has 0 aromatic heterocycles. The van der Waals surface area contributed by atoms with Gasteiger partial charge in [-0.1, -0.05) is 6.92 Å². The molecule has 0 radical (unpaired) electrons. The van der Waals surface area contributed by atoms with E-state index in [0.717, 1.165) is 6.42 Å². The molecule has 0 saturated carbocycles. The maximum Gasteiger partial charge on any atom is 0.389 e. The standard InChI is InChI=1S/C12H24F3NO/c1-5-9-16-10(7-8-12(13,14)15)11(3,4)17-6-2/h10,16H,5-9H2,1-4H3. The molecule has 0 aliphatic rings. The number of hydrogen-bond donors (Lipinski definition) is 1. The molecule has 0 aromatic rings. The normalized spacial score (nSPS) is 15.0. The fourth-order valence-electron chi connectivity index (χ4n) is 1.79. The molecule has 104 valence electrons. The number of ether oxygens (including phenoxy) is 1. The van der Waals surface area contributed by atoms with Crippen molar-refractivity contribution >= 4 is 0 Å². The Balaban J connectivity index is 4.41. The van der Waals surface area contributed by atoms with E-state index in [1.807, 2.05) is 27.7 Å². The van der Waals surface area contributed by atoms with E-state index in [4.69, 9.17) is 4.74 Å². The van der Waals surface area contributed by atoms with Crippen molar-refractivity contribution < 1.29 is 17.9 Å². The molecular formula is C12H24F3NO. The van der Waals surface area contributed by atoms with Gasteiger partial charge in [0.15, 0.2) is 0 Å². The van der Waals surface area contributed by atoms with Crippen molar-refractivity contribution in [2.75, 3.05) is 13.2 Å². The second-order valence-corrected chi connectivity index (χ2v) is 4.70. The molecule has 0 amide bonds. The molecule has 0 saturated heterocycles. The monoisotopic (exact) mass is 255 g/mol. The molecule has 0 fully saturated rings. The highest BCUT2D eigenvalue weighted by Crippen LogP contribution is 2.26. The molecule has 5 heteroatoms. The minimum atomic E-state index is -4.10. The number of nitrogens with one attached hydrogen (secondary N) is 1. The van der Waals surface area contributed by atoms with Gasteiger partial charge in [0.25, 0.3) is 0 Å². The van der Waals surface area contributed by atoms with Crippen molar-refractivity contribution in [1.29, 1.82) is 0 Å². The molecule has 0 heterocycles. The topological polar surface area (TPSA) is 21.3 Å². The third kappa shape index (κ3) is 7.60. The van der Waals surface area contributed by atoms with Crippen LogP contribution in [0.15, 0.2) is 0 Å². The summed E-state index contributed by atoms with van der Waals surface area (Å²) in [5, 5.41) is 3.14. The lowest BCUT2D eigenvalue weighted by atomic mass is 9.93. The zero-order valence-electron chi connectivity index (χ0n) is 11.2. The van der Waals surface area contributed by atoms with Gasteiger partial charge in [0.05, 0.1) is 5.60 Å². The lowest BCUT2D eigenvalue weighted by Crippen LogP contribution is -2.49. The molecule has 0 aromatic carbocycles. The summed E-state index contributed by atoms with van der Waals surface area (Å²) in [5.41, 5.74) is -0.574. The Bertz CT molecular complexity index is 204. The minimum Gasteiger partial charge on any atom is -0.374 e. The lowest BCUT2D eigenvalue weighted by Gasteiger charge is -2.35. The van der Waals surface area contributed by atoms with E-state index in [0.29, 0.717) is 13.2 Å². The molecule has 0 aliphatic carbocycles. The van der Waals surface area contributed by atoms with Gasteiger partial charge in [0.1, 0.15) is 0 Å². The first-order valence-electron chi connectivity index (χ1n) is 6.17. The van der Waals surface area contributed by atoms with Gasteiger partial charge in [-0.3, -0.25) is 0 Å². The summed E-state index contributed by atoms with van der Waals surface area (Å²) in [5.74, 6) is 0. The van der Waals surface area contributed by atoms with Crippen LogP contribution >= 0.6 is 0 Å². The van der Waals surface area contributed by atoms with E-state index >= 15 is 0 Å². The third-order valence-corrected chi connectivity index (χ3v) is 2.71. The quantitative estimate of drug-likeness (QED) is 0.716. The van der Waals surface area contributed by atoms with E-state index in [1.165, 1.54) is 0 Å². The highest BCUT2D eigenvalue weighted by Gasteiger charge is 2.34. The fraction of sp³-hybridized carbons (Fsp3) is 1.00. The summed E-state index contributed by atoms with van der Waals surface area (Å²) in [6.07, 6.45) is -3.93. The van der Waals surface area contributed by atoms with E-state index in [9.17, 15) is 13.2 Å². The first kappa shape index (κ1) is 16.7. The van der Waals surface area contributed by atoms with Crippen LogP contribution in [0.5, 0.6) is 0 Å². The van der Waals surface area contributed by atoms with Gasteiger partial charge in [-0.15, -0.1) is 0 Å². The van der Waals surface area contributed by atoms with Gasteiger partial charge < -0.3 is 10.1 Å². The number of rotatable bonds is 8. The van der Waals surface area contributed by atoms with E-state index in [2.05, 4.69) is 5.32 Å². The average molecular weight is 255 g/mol. The van der Waals surface area contributed by atoms with Crippen LogP contribution in [0.25, 0.3) is 0 Å². The van der Waals surface area contributed by atoms with Crippen LogP contribution < -0.4 is 5.32 Å². The van der Waals surface area contributed by atoms with Crippen LogP contribution in [0.1, 0.15) is 47.0 Å². The molecule has 17 heavy (non-hydrogen) atoms. The predicted octanol–water partition coefficient (Wildman–Crippen LogP) is 3.51. The van der Waals surface area contributed by atoms with Crippen molar-refractivity contribution in [3.63, 3.8) is 0 Å². The van der Waals surface area contributed by atoms with Gasteiger partial charge in [0.2, 0.25) is 0 Å². The molecule has 1 atom stereocenters. The predicted molar refractivity (Wildman–Crippen MR) is 63.1 cm³/mol. The first-order chi connectivity index (χ1) is 7.73. The van der Waals surface area contributed by atoms with E-state index in [-0.39, 0.29) is 12.5 Å². The molecule has 0 rings (SSSR count). The second kappa shape index (κ2) is 7.21. The third-order valence-electron chi connectivity index (χ3n) is 2.71. The van der Waals surface area contributed by atoms with Crippen LogP contribution in [0, 0.1) is 0 Å². The highest BCUT2D eigenvalue weighted by atomic mass is 19.4. The summed E-state index contributed by atoms with van der Waals surface area (Å²) < 4.78 is 42.3. The van der Waals surface area contributed by atoms with E-state index in [1.54, 1.807) is 0 Å². The Labute approximate surface area is 102 Å². The SMILES string of the molecule is CCCNC(CCC(F)(F)F)C(C)(C)OCC. The summed E-state index contributed by atoms with van der Waals surface area (Å²) in [6, 6.07) is -0.274. The van der Waals surface area contributed by atoms with Gasteiger partial charge in [-0.25, -0.2) is 0 Å². The van der Waals surface area contributed by atoms with Gasteiger partial charge in [0, 0.05) is 19.1 Å². The Kier molecular flexibility index (Phi) is 7.09. The maximum atomic E-state index is 12.2. The van der Waals surface area contributed by atoms with Crippen molar-refractivity contribution in [3.8, 4) is 0 Å². The smallest absolute Gasteiger partial charge is 0.374 e. The van der Waals surface area contributed by atoms with Crippen molar-refractivity contribution in [3.05, 3.63) is 0 Å². The highest BCUT2D eigenvalue weighted by molar-refractivity contribution is 4.86. The average Bonchev–Trinajstić information content (AvgIpc) is 2.15. The maximum absolute atomic E-state index is 12.2. The van der Waals surface area contributed by atoms with Crippen LogP contribution in [0.2, 0.25) is 0 Å². The Morgan fingerprint density at radius 1 is 1.18 bits per heavy atom. The number of alkyl halides is 3. The Morgan fingerprint density at radius 2 is 1.76 bits per heavy atom. The molecule has 2 nitrogen and oxygen atoms in total. The van der Waals surface area contributed by atoms with Gasteiger partial charge >= 0.3 is 6.18 Å². The number of hydrogen-bond acceptors (Lipinski definition) is 2. The van der Waals surface area contributed by atoms with Gasteiger partial charge in [-0.05, 0) is 40.2 Å². The molecule has 0 bridgehead atoms. The van der Waals surface area contributed by atoms with Crippen molar-refractivity contribution in [1.82, 2.24) is 5.32 Å². The molecular weight excluding hydrogens is 231 g/mol. The van der Waals surface area contributed by atoms with Crippen LogP contribution in [-0.2, 0) is 4.74 Å². The summed E-state index contributed by atoms with van der Waals surface area (Å²) in [6.45, 7) is 8.71. The molecule has 1 N–H and O–H groups in total. The molecule has 0 aliphatic heterocycles. The zero-order valence-corrected chi connectivity index (χ0v) is 11.2. The largest absolute Gasteiger partial charge is 0.389 e. The van der Waals surface area contributed by atoms with Gasteiger partial charge in [-0.2, -0.15) is 13.2 Å². The summed E-state index contributed by atoms with van der Waals surface area (Å²) in [4.78, 5) is 0. The van der Waals surface area contributed by atoms with Crippen molar-refractivity contribution in [2.45, 2.75) is 64.8 Å². The Morgan fingerprint density at radius 3 is 2.18 bits per heavy atom. The minimum absolute atomic E-state index is 0.0521. The zero-order chi connectivity index (χ0) is 13.5. The lowest BCUT2D eigenvalue weighted by molar-refractivity contribution is -0.141. The van der Waals surface area contributed by atoms with Crippen molar-refractivity contribution in [2.24, 2.45) is 0 Å².